The molecular weight excluding hydrogens is 538 g/mol. The molecule has 2 aromatic heterocycles. The van der Waals surface area contributed by atoms with Crippen LogP contribution in [0.2, 0.25) is 5.02 Å². The Morgan fingerprint density at radius 3 is 2.49 bits per heavy atom. The van der Waals surface area contributed by atoms with Crippen LogP contribution < -0.4 is 15.5 Å². The van der Waals surface area contributed by atoms with Crippen molar-refractivity contribution in [2.75, 3.05) is 49.5 Å². The Hall–Kier alpha value is -3.66. The molecule has 9 nitrogen and oxygen atoms in total. The maximum atomic E-state index is 13.1. The van der Waals surface area contributed by atoms with Crippen molar-refractivity contribution >= 4 is 40.5 Å². The van der Waals surface area contributed by atoms with Crippen LogP contribution in [-0.4, -0.2) is 69.8 Å². The van der Waals surface area contributed by atoms with E-state index in [9.17, 15) is 9.90 Å². The van der Waals surface area contributed by atoms with E-state index >= 15 is 0 Å². The number of nitrogens with zero attached hydrogens (tertiary/aromatic N) is 5. The number of carbonyl (C=O) groups is 1. The van der Waals surface area contributed by atoms with Gasteiger partial charge in [-0.15, -0.1) is 5.10 Å². The van der Waals surface area contributed by atoms with E-state index in [1.165, 1.54) is 0 Å². The summed E-state index contributed by atoms with van der Waals surface area (Å²) in [5.74, 6) is 0.585. The van der Waals surface area contributed by atoms with Crippen LogP contribution in [0.4, 0.5) is 17.3 Å². The standard InChI is InChI=1S/C31H34ClN7O2/c32-24-7-5-23(6-8-24)31(41)13-18-37(19-14-31)26-2-1-16-39-27(26)35-29(36-39)34-25-9-3-22(4-10-25)28(40)38-17-12-30(21-38)11-15-33-20-30/h1-10,16,33,41H,11-15,17-21H2,(H,34,36). The van der Waals surface area contributed by atoms with Crippen LogP contribution in [0.5, 0.6) is 0 Å². The smallest absolute Gasteiger partial charge is 0.253 e. The topological polar surface area (TPSA) is 98.0 Å². The highest BCUT2D eigenvalue weighted by atomic mass is 35.5. The molecule has 7 rings (SSSR count). The van der Waals surface area contributed by atoms with Crippen LogP contribution in [0.25, 0.3) is 5.65 Å². The first kappa shape index (κ1) is 26.3. The zero-order chi connectivity index (χ0) is 28.0. The monoisotopic (exact) mass is 571 g/mol. The number of likely N-dealkylation sites (tertiary alicyclic amines) is 1. The van der Waals surface area contributed by atoms with Crippen molar-refractivity contribution in [3.05, 3.63) is 83.0 Å². The first-order chi connectivity index (χ1) is 19.9. The lowest BCUT2D eigenvalue weighted by Gasteiger charge is -2.39. The van der Waals surface area contributed by atoms with Crippen molar-refractivity contribution in [3.8, 4) is 0 Å². The summed E-state index contributed by atoms with van der Waals surface area (Å²) in [6.45, 7) is 5.11. The Morgan fingerprint density at radius 1 is 0.976 bits per heavy atom. The van der Waals surface area contributed by atoms with Gasteiger partial charge < -0.3 is 25.5 Å². The summed E-state index contributed by atoms with van der Waals surface area (Å²) in [5.41, 5.74) is 3.55. The lowest BCUT2D eigenvalue weighted by molar-refractivity contribution is 0.0118. The minimum Gasteiger partial charge on any atom is -0.385 e. The van der Waals surface area contributed by atoms with Gasteiger partial charge in [-0.05, 0) is 86.3 Å². The quantitative estimate of drug-likeness (QED) is 0.326. The normalized spacial score (nSPS) is 22.1. The largest absolute Gasteiger partial charge is 0.385 e. The van der Waals surface area contributed by atoms with Crippen LogP contribution in [0.15, 0.2) is 66.9 Å². The van der Waals surface area contributed by atoms with Crippen LogP contribution in [0.3, 0.4) is 0 Å². The number of pyridine rings is 1. The minimum absolute atomic E-state index is 0.0975. The molecule has 3 fully saturated rings. The number of nitrogens with one attached hydrogen (secondary N) is 2. The Labute approximate surface area is 244 Å². The number of halogens is 1. The lowest BCUT2D eigenvalue weighted by Crippen LogP contribution is -2.42. The molecule has 5 heterocycles. The first-order valence-corrected chi connectivity index (χ1v) is 14.7. The van der Waals surface area contributed by atoms with Gasteiger partial charge >= 0.3 is 0 Å². The van der Waals surface area contributed by atoms with Gasteiger partial charge in [-0.3, -0.25) is 4.79 Å². The molecule has 0 aliphatic carbocycles. The first-order valence-electron chi connectivity index (χ1n) is 14.4. The van der Waals surface area contributed by atoms with E-state index in [2.05, 4.69) is 20.6 Å². The molecule has 10 heteroatoms. The molecule has 41 heavy (non-hydrogen) atoms. The van der Waals surface area contributed by atoms with E-state index in [1.54, 1.807) is 4.52 Å². The molecular formula is C31H34ClN7O2. The summed E-state index contributed by atoms with van der Waals surface area (Å²) in [5, 5.41) is 23.3. The molecule has 212 valence electrons. The molecule has 1 unspecified atom stereocenters. The van der Waals surface area contributed by atoms with Gasteiger partial charge in [0.2, 0.25) is 5.95 Å². The summed E-state index contributed by atoms with van der Waals surface area (Å²) in [7, 11) is 0. The summed E-state index contributed by atoms with van der Waals surface area (Å²) in [6.07, 6.45) is 5.32. The molecule has 0 radical (unpaired) electrons. The zero-order valence-electron chi connectivity index (χ0n) is 22.9. The maximum absolute atomic E-state index is 13.1. The molecule has 3 saturated heterocycles. The number of piperidine rings is 1. The molecule has 4 aromatic rings. The third-order valence-electron chi connectivity index (χ3n) is 9.10. The Morgan fingerprint density at radius 2 is 1.76 bits per heavy atom. The number of rotatable bonds is 5. The number of aromatic nitrogens is 3. The third-order valence-corrected chi connectivity index (χ3v) is 9.35. The number of fused-ring (bicyclic) bond motifs is 1. The minimum atomic E-state index is -0.871. The number of hydrogen-bond acceptors (Lipinski definition) is 7. The summed E-state index contributed by atoms with van der Waals surface area (Å²) < 4.78 is 1.77. The predicted molar refractivity (Wildman–Crippen MR) is 160 cm³/mol. The highest BCUT2D eigenvalue weighted by molar-refractivity contribution is 6.30. The van der Waals surface area contributed by atoms with Crippen molar-refractivity contribution in [3.63, 3.8) is 0 Å². The molecule has 0 saturated carbocycles. The van der Waals surface area contributed by atoms with Gasteiger partial charge in [-0.2, -0.15) is 4.98 Å². The van der Waals surface area contributed by atoms with Gasteiger partial charge in [0.1, 0.15) is 0 Å². The fraction of sp³-hybridized carbons (Fsp3) is 0.387. The molecule has 0 bridgehead atoms. The third kappa shape index (κ3) is 5.03. The van der Waals surface area contributed by atoms with Crippen LogP contribution in [-0.2, 0) is 5.60 Å². The van der Waals surface area contributed by atoms with Gasteiger partial charge in [-0.1, -0.05) is 23.7 Å². The number of carbonyl (C=O) groups excluding carboxylic acids is 1. The van der Waals surface area contributed by atoms with Gasteiger partial charge in [-0.25, -0.2) is 4.52 Å². The van der Waals surface area contributed by atoms with E-state index in [1.807, 2.05) is 71.8 Å². The van der Waals surface area contributed by atoms with E-state index in [0.29, 0.717) is 42.5 Å². The van der Waals surface area contributed by atoms with Crippen LogP contribution in [0, 0.1) is 5.41 Å². The summed E-state index contributed by atoms with van der Waals surface area (Å²) >= 11 is 6.04. The van der Waals surface area contributed by atoms with E-state index in [0.717, 1.165) is 61.6 Å². The van der Waals surface area contributed by atoms with Crippen LogP contribution >= 0.6 is 11.6 Å². The molecule has 3 N–H and O–H groups in total. The average molecular weight is 572 g/mol. The second-order valence-corrected chi connectivity index (χ2v) is 12.2. The van der Waals surface area contributed by atoms with Crippen molar-refractivity contribution in [2.24, 2.45) is 5.41 Å². The molecule has 1 amide bonds. The van der Waals surface area contributed by atoms with Crippen molar-refractivity contribution < 1.29 is 9.90 Å². The summed E-state index contributed by atoms with van der Waals surface area (Å²) in [6, 6.07) is 19.1. The number of hydrogen-bond donors (Lipinski definition) is 3. The summed E-state index contributed by atoms with van der Waals surface area (Å²) in [4.78, 5) is 22.2. The van der Waals surface area contributed by atoms with Gasteiger partial charge in [0.05, 0.1) is 11.3 Å². The molecule has 3 aliphatic heterocycles. The lowest BCUT2D eigenvalue weighted by atomic mass is 9.84. The van der Waals surface area contributed by atoms with Crippen molar-refractivity contribution in [1.29, 1.82) is 0 Å². The van der Waals surface area contributed by atoms with Gasteiger partial charge in [0, 0.05) is 60.6 Å². The molecule has 1 atom stereocenters. The second kappa shape index (κ2) is 10.3. The number of amides is 1. The van der Waals surface area contributed by atoms with E-state index in [4.69, 9.17) is 16.6 Å². The Kier molecular flexibility index (Phi) is 6.60. The Bertz CT molecular complexity index is 1560. The number of anilines is 3. The number of aliphatic hydroxyl groups is 1. The second-order valence-electron chi connectivity index (χ2n) is 11.7. The molecule has 3 aliphatic rings. The fourth-order valence-electron chi connectivity index (χ4n) is 6.62. The van der Waals surface area contributed by atoms with Gasteiger partial charge in [0.15, 0.2) is 5.65 Å². The van der Waals surface area contributed by atoms with Crippen LogP contribution in [0.1, 0.15) is 41.6 Å². The Balaban J connectivity index is 1.02. The highest BCUT2D eigenvalue weighted by Crippen LogP contribution is 2.37. The fourth-order valence-corrected chi connectivity index (χ4v) is 6.74. The highest BCUT2D eigenvalue weighted by Gasteiger charge is 2.42. The van der Waals surface area contributed by atoms with E-state index in [-0.39, 0.29) is 11.3 Å². The molecule has 1 spiro atoms. The van der Waals surface area contributed by atoms with Crippen molar-refractivity contribution in [1.82, 2.24) is 24.8 Å². The van der Waals surface area contributed by atoms with Crippen molar-refractivity contribution in [2.45, 2.75) is 31.3 Å². The predicted octanol–water partition coefficient (Wildman–Crippen LogP) is 4.44. The zero-order valence-corrected chi connectivity index (χ0v) is 23.6. The number of benzene rings is 2. The molecule has 2 aromatic carbocycles. The average Bonchev–Trinajstić information content (AvgIpc) is 3.74. The van der Waals surface area contributed by atoms with E-state index < -0.39 is 5.60 Å². The SMILES string of the molecule is O=C(c1ccc(Nc2nc3c(N4CCC(O)(c5ccc(Cl)cc5)CC4)cccn3n2)cc1)N1CCC2(CCNC2)C1. The van der Waals surface area contributed by atoms with Gasteiger partial charge in [0.25, 0.3) is 5.91 Å². The maximum Gasteiger partial charge on any atom is 0.253 e.